The number of anilines is 1. The van der Waals surface area contributed by atoms with Crippen molar-refractivity contribution in [2.45, 2.75) is 6.92 Å². The number of amides is 1. The third kappa shape index (κ3) is 3.37. The van der Waals surface area contributed by atoms with E-state index in [0.717, 1.165) is 0 Å². The third-order valence-corrected chi connectivity index (χ3v) is 2.66. The first-order valence-electron chi connectivity index (χ1n) is 5.47. The lowest BCUT2D eigenvalue weighted by molar-refractivity contribution is -0.119. The van der Waals surface area contributed by atoms with Crippen LogP contribution >= 0.6 is 11.6 Å². The Labute approximate surface area is 110 Å². The minimum absolute atomic E-state index is 0.0534. The van der Waals surface area contributed by atoms with Gasteiger partial charge in [0.25, 0.3) is 0 Å². The predicted molar refractivity (Wildman–Crippen MR) is 70.4 cm³/mol. The molecule has 0 heterocycles. The van der Waals surface area contributed by atoms with E-state index in [2.05, 4.69) is 5.32 Å². The number of carbonyl (C=O) groups is 2. The van der Waals surface area contributed by atoms with Gasteiger partial charge in [-0.2, -0.15) is 0 Å². The van der Waals surface area contributed by atoms with Gasteiger partial charge in [-0.1, -0.05) is 17.7 Å². The maximum atomic E-state index is 11.5. The van der Waals surface area contributed by atoms with Crippen molar-refractivity contribution in [2.75, 3.05) is 25.0 Å². The number of nitrogens with one attached hydrogen (secondary N) is 1. The minimum Gasteiger partial charge on any atom is -0.478 e. The molecule has 1 aromatic carbocycles. The molecule has 0 aliphatic heterocycles. The molecule has 0 aliphatic rings. The first-order valence-corrected chi connectivity index (χ1v) is 5.84. The van der Waals surface area contributed by atoms with Crippen molar-refractivity contribution in [1.29, 1.82) is 0 Å². The van der Waals surface area contributed by atoms with E-state index in [1.165, 1.54) is 11.0 Å². The van der Waals surface area contributed by atoms with E-state index in [-0.39, 0.29) is 18.0 Å². The summed E-state index contributed by atoms with van der Waals surface area (Å²) in [6.45, 7) is 2.40. The summed E-state index contributed by atoms with van der Waals surface area (Å²) in [7, 11) is 1.63. The van der Waals surface area contributed by atoms with Gasteiger partial charge in [0.1, 0.15) is 0 Å². The van der Waals surface area contributed by atoms with Crippen LogP contribution in [-0.2, 0) is 4.79 Å². The van der Waals surface area contributed by atoms with Crippen LogP contribution in [0.25, 0.3) is 0 Å². The smallest absolute Gasteiger partial charge is 0.337 e. The average molecular weight is 271 g/mol. The summed E-state index contributed by atoms with van der Waals surface area (Å²) in [5.74, 6) is -1.26. The molecular weight excluding hydrogens is 256 g/mol. The fourth-order valence-corrected chi connectivity index (χ4v) is 1.94. The topological polar surface area (TPSA) is 69.6 Å². The molecule has 1 rings (SSSR count). The number of hydrogen-bond acceptors (Lipinski definition) is 3. The Bertz CT molecular complexity index is 463. The Kier molecular flexibility index (Phi) is 4.97. The quantitative estimate of drug-likeness (QED) is 0.853. The van der Waals surface area contributed by atoms with Crippen molar-refractivity contribution in [2.24, 2.45) is 0 Å². The maximum absolute atomic E-state index is 11.5. The Morgan fingerprint density at radius 3 is 2.67 bits per heavy atom. The Balaban J connectivity index is 3.00. The summed E-state index contributed by atoms with van der Waals surface area (Å²) in [4.78, 5) is 24.1. The van der Waals surface area contributed by atoms with E-state index in [1.54, 1.807) is 19.2 Å². The first-order chi connectivity index (χ1) is 8.47. The van der Waals surface area contributed by atoms with Crippen molar-refractivity contribution in [3.63, 3.8) is 0 Å². The molecule has 2 N–H and O–H groups in total. The second kappa shape index (κ2) is 6.26. The van der Waals surface area contributed by atoms with Gasteiger partial charge >= 0.3 is 5.97 Å². The highest BCUT2D eigenvalue weighted by molar-refractivity contribution is 6.34. The molecule has 0 bridgehead atoms. The van der Waals surface area contributed by atoms with Crippen LogP contribution in [0.3, 0.4) is 0 Å². The van der Waals surface area contributed by atoms with Gasteiger partial charge in [-0.3, -0.25) is 4.79 Å². The molecule has 0 unspecified atom stereocenters. The largest absolute Gasteiger partial charge is 0.478 e. The highest BCUT2D eigenvalue weighted by Crippen LogP contribution is 2.28. The number of likely N-dealkylation sites (N-methyl/N-ethyl adjacent to an activating group) is 2. The van der Waals surface area contributed by atoms with Gasteiger partial charge in [0.05, 0.1) is 22.8 Å². The van der Waals surface area contributed by atoms with Gasteiger partial charge < -0.3 is 15.3 Å². The van der Waals surface area contributed by atoms with E-state index in [0.29, 0.717) is 17.3 Å². The normalized spacial score (nSPS) is 9.94. The van der Waals surface area contributed by atoms with Crippen LogP contribution in [0.5, 0.6) is 0 Å². The van der Waals surface area contributed by atoms with Crippen molar-refractivity contribution in [3.05, 3.63) is 28.8 Å². The number of carboxylic acid groups (broad SMARTS) is 1. The second-order valence-electron chi connectivity index (χ2n) is 3.75. The van der Waals surface area contributed by atoms with Gasteiger partial charge in [0, 0.05) is 13.6 Å². The maximum Gasteiger partial charge on any atom is 0.337 e. The fraction of sp³-hybridized carbons (Fsp3) is 0.333. The summed E-state index contributed by atoms with van der Waals surface area (Å²) >= 11 is 5.99. The number of hydrogen-bond donors (Lipinski definition) is 2. The van der Waals surface area contributed by atoms with Crippen molar-refractivity contribution in [1.82, 2.24) is 5.32 Å². The molecule has 0 aliphatic carbocycles. The zero-order valence-electron chi connectivity index (χ0n) is 10.2. The lowest BCUT2D eigenvalue weighted by atomic mass is 10.1. The van der Waals surface area contributed by atoms with Crippen LogP contribution < -0.4 is 10.2 Å². The number of nitrogens with zero attached hydrogens (tertiary/aromatic N) is 1. The van der Waals surface area contributed by atoms with Gasteiger partial charge in [-0.15, -0.1) is 0 Å². The molecule has 1 amide bonds. The predicted octanol–water partition coefficient (Wildman–Crippen LogP) is 1.61. The molecule has 98 valence electrons. The molecule has 0 saturated carbocycles. The van der Waals surface area contributed by atoms with E-state index in [4.69, 9.17) is 16.7 Å². The number of carbonyl (C=O) groups excluding carboxylic acids is 1. The third-order valence-electron chi connectivity index (χ3n) is 2.35. The average Bonchev–Trinajstić information content (AvgIpc) is 2.28. The molecular formula is C12H15ClN2O3. The molecule has 6 heteroatoms. The van der Waals surface area contributed by atoms with Crippen LogP contribution in [0.1, 0.15) is 17.3 Å². The Morgan fingerprint density at radius 2 is 2.11 bits per heavy atom. The molecule has 0 saturated heterocycles. The van der Waals surface area contributed by atoms with Crippen LogP contribution in [0.4, 0.5) is 5.69 Å². The van der Waals surface area contributed by atoms with Crippen molar-refractivity contribution >= 4 is 29.2 Å². The molecule has 0 spiro atoms. The van der Waals surface area contributed by atoms with E-state index in [9.17, 15) is 9.59 Å². The Morgan fingerprint density at radius 1 is 1.44 bits per heavy atom. The lowest BCUT2D eigenvalue weighted by Crippen LogP contribution is -2.35. The standard InChI is InChI=1S/C12H15ClN2O3/c1-3-14-10(16)7-15(2)11-8(12(17)18)5-4-6-9(11)13/h4-6H,3,7H2,1-2H3,(H,14,16)(H,17,18). The number of aromatic carboxylic acids is 1. The summed E-state index contributed by atoms with van der Waals surface area (Å²) in [5.41, 5.74) is 0.423. The number of para-hydroxylation sites is 1. The lowest BCUT2D eigenvalue weighted by Gasteiger charge is -2.21. The molecule has 0 fully saturated rings. The van der Waals surface area contributed by atoms with Gasteiger partial charge in [-0.25, -0.2) is 4.79 Å². The number of benzene rings is 1. The molecule has 1 aromatic rings. The van der Waals surface area contributed by atoms with E-state index in [1.807, 2.05) is 6.92 Å². The highest BCUT2D eigenvalue weighted by atomic mass is 35.5. The summed E-state index contributed by atoms with van der Waals surface area (Å²) in [5, 5.41) is 12.0. The highest BCUT2D eigenvalue weighted by Gasteiger charge is 2.18. The van der Waals surface area contributed by atoms with Gasteiger partial charge in [0.15, 0.2) is 0 Å². The number of carboxylic acids is 1. The van der Waals surface area contributed by atoms with Crippen molar-refractivity contribution in [3.8, 4) is 0 Å². The van der Waals surface area contributed by atoms with Gasteiger partial charge in [-0.05, 0) is 19.1 Å². The molecule has 0 radical (unpaired) electrons. The summed E-state index contributed by atoms with van der Waals surface area (Å²) in [6, 6.07) is 4.62. The zero-order chi connectivity index (χ0) is 13.7. The summed E-state index contributed by atoms with van der Waals surface area (Å²) in [6.07, 6.45) is 0. The number of rotatable bonds is 5. The van der Waals surface area contributed by atoms with Crippen LogP contribution in [0.15, 0.2) is 18.2 Å². The minimum atomic E-state index is -1.07. The van der Waals surface area contributed by atoms with Crippen molar-refractivity contribution < 1.29 is 14.7 Å². The molecule has 0 atom stereocenters. The molecule has 0 aromatic heterocycles. The molecule has 18 heavy (non-hydrogen) atoms. The number of halogens is 1. The van der Waals surface area contributed by atoms with E-state index < -0.39 is 5.97 Å². The Hall–Kier alpha value is -1.75. The van der Waals surface area contributed by atoms with Crippen LogP contribution in [-0.4, -0.2) is 37.1 Å². The first kappa shape index (κ1) is 14.3. The van der Waals surface area contributed by atoms with Crippen LogP contribution in [0.2, 0.25) is 5.02 Å². The SMILES string of the molecule is CCNC(=O)CN(C)c1c(Cl)cccc1C(=O)O. The zero-order valence-corrected chi connectivity index (χ0v) is 11.0. The fourth-order valence-electron chi connectivity index (χ4n) is 1.62. The monoisotopic (exact) mass is 270 g/mol. The van der Waals surface area contributed by atoms with Gasteiger partial charge in [0.2, 0.25) is 5.91 Å². The molecule has 5 nitrogen and oxygen atoms in total. The van der Waals surface area contributed by atoms with E-state index >= 15 is 0 Å². The summed E-state index contributed by atoms with van der Waals surface area (Å²) < 4.78 is 0. The van der Waals surface area contributed by atoms with Crippen LogP contribution in [0, 0.1) is 0 Å². The second-order valence-corrected chi connectivity index (χ2v) is 4.16.